The van der Waals surface area contributed by atoms with Gasteiger partial charge in [-0.1, -0.05) is 0 Å². The average Bonchev–Trinajstić information content (AvgIpc) is 3.11. The van der Waals surface area contributed by atoms with Crippen molar-refractivity contribution in [2.45, 2.75) is 13.5 Å². The fraction of sp³-hybridized carbons (Fsp3) is 0.643. The molecule has 3 heterocycles. The minimum Gasteiger partial charge on any atom is -0.383 e. The Labute approximate surface area is 127 Å². The van der Waals surface area contributed by atoms with E-state index in [1.54, 1.807) is 18.4 Å². The van der Waals surface area contributed by atoms with Gasteiger partial charge in [0, 0.05) is 31.6 Å². The van der Waals surface area contributed by atoms with Crippen molar-refractivity contribution in [2.75, 3.05) is 33.4 Å². The minimum atomic E-state index is -0.178. The van der Waals surface area contributed by atoms with Crippen LogP contribution in [0, 0.1) is 18.8 Å². The standard InChI is InChI=1S/C14H19N3O3S/c1-9-12(21-8-15-9)7-16-5-10-11(6-16)14(19)17(13(10)18)3-4-20-2/h8,10-11H,3-7H2,1-2H3/t10-,11+. The lowest BCUT2D eigenvalue weighted by Crippen LogP contribution is -2.37. The smallest absolute Gasteiger partial charge is 0.234 e. The maximum Gasteiger partial charge on any atom is 0.234 e. The molecule has 2 saturated heterocycles. The third-order valence-electron chi connectivity index (χ3n) is 4.29. The zero-order valence-corrected chi connectivity index (χ0v) is 13.1. The molecule has 7 heteroatoms. The van der Waals surface area contributed by atoms with Crippen LogP contribution in [0.15, 0.2) is 5.51 Å². The number of likely N-dealkylation sites (tertiary alicyclic amines) is 2. The molecule has 0 bridgehead atoms. The Hall–Kier alpha value is -1.31. The van der Waals surface area contributed by atoms with Gasteiger partial charge in [-0.05, 0) is 6.92 Å². The summed E-state index contributed by atoms with van der Waals surface area (Å²) in [6.45, 7) is 4.87. The van der Waals surface area contributed by atoms with Crippen molar-refractivity contribution in [3.05, 3.63) is 16.1 Å². The van der Waals surface area contributed by atoms with Gasteiger partial charge in [-0.3, -0.25) is 19.4 Å². The molecule has 2 fully saturated rings. The maximum atomic E-state index is 12.3. The first-order valence-electron chi connectivity index (χ1n) is 7.07. The molecular formula is C14H19N3O3S. The van der Waals surface area contributed by atoms with Crippen molar-refractivity contribution in [2.24, 2.45) is 11.8 Å². The summed E-state index contributed by atoms with van der Waals surface area (Å²) in [5, 5.41) is 0. The van der Waals surface area contributed by atoms with Gasteiger partial charge in [0.05, 0.1) is 36.2 Å². The molecule has 6 nitrogen and oxygen atoms in total. The quantitative estimate of drug-likeness (QED) is 0.742. The second-order valence-electron chi connectivity index (χ2n) is 5.59. The van der Waals surface area contributed by atoms with E-state index in [1.165, 1.54) is 9.78 Å². The van der Waals surface area contributed by atoms with Crippen molar-refractivity contribution < 1.29 is 14.3 Å². The Bertz CT molecular complexity index is 535. The van der Waals surface area contributed by atoms with Gasteiger partial charge in [-0.25, -0.2) is 4.98 Å². The average molecular weight is 309 g/mol. The van der Waals surface area contributed by atoms with Gasteiger partial charge in [0.1, 0.15) is 0 Å². The molecule has 0 aliphatic carbocycles. The number of aromatic nitrogens is 1. The Morgan fingerprint density at radius 3 is 2.52 bits per heavy atom. The van der Waals surface area contributed by atoms with Crippen LogP contribution in [0.3, 0.4) is 0 Å². The van der Waals surface area contributed by atoms with E-state index in [0.717, 1.165) is 12.2 Å². The Morgan fingerprint density at radius 2 is 2.00 bits per heavy atom. The molecule has 114 valence electrons. The van der Waals surface area contributed by atoms with E-state index < -0.39 is 0 Å². The van der Waals surface area contributed by atoms with Gasteiger partial charge < -0.3 is 4.74 Å². The van der Waals surface area contributed by atoms with Crippen LogP contribution in [0.5, 0.6) is 0 Å². The number of aryl methyl sites for hydroxylation is 1. The van der Waals surface area contributed by atoms with E-state index in [2.05, 4.69) is 9.88 Å². The van der Waals surface area contributed by atoms with Crippen molar-refractivity contribution in [3.63, 3.8) is 0 Å². The van der Waals surface area contributed by atoms with Gasteiger partial charge in [-0.2, -0.15) is 0 Å². The molecule has 3 rings (SSSR count). The number of amides is 2. The summed E-state index contributed by atoms with van der Waals surface area (Å²) in [6, 6.07) is 0. The van der Waals surface area contributed by atoms with Crippen LogP contribution >= 0.6 is 11.3 Å². The Kier molecular flexibility index (Phi) is 4.05. The van der Waals surface area contributed by atoms with E-state index in [1.807, 2.05) is 12.4 Å². The molecule has 1 aromatic rings. The lowest BCUT2D eigenvalue weighted by Gasteiger charge is -2.20. The monoisotopic (exact) mass is 309 g/mol. The number of nitrogens with zero attached hydrogens (tertiary/aromatic N) is 3. The third-order valence-corrected chi connectivity index (χ3v) is 5.21. The van der Waals surface area contributed by atoms with Crippen molar-refractivity contribution >= 4 is 23.2 Å². The first-order chi connectivity index (χ1) is 10.1. The van der Waals surface area contributed by atoms with E-state index in [4.69, 9.17) is 4.74 Å². The zero-order chi connectivity index (χ0) is 15.0. The van der Waals surface area contributed by atoms with Crippen molar-refractivity contribution in [3.8, 4) is 0 Å². The summed E-state index contributed by atoms with van der Waals surface area (Å²) in [5.74, 6) is -0.429. The normalized spacial score (nSPS) is 25.9. The van der Waals surface area contributed by atoms with Crippen LogP contribution in [-0.2, 0) is 20.9 Å². The molecule has 2 aliphatic rings. The predicted octanol–water partition coefficient (Wildman–Crippen LogP) is 0.515. The van der Waals surface area contributed by atoms with Crippen molar-refractivity contribution in [1.82, 2.24) is 14.8 Å². The molecule has 0 spiro atoms. The molecule has 0 aromatic carbocycles. The van der Waals surface area contributed by atoms with Crippen LogP contribution in [-0.4, -0.2) is 59.9 Å². The number of carbonyl (C=O) groups is 2. The summed E-state index contributed by atoms with van der Waals surface area (Å²) in [7, 11) is 1.57. The van der Waals surface area contributed by atoms with Crippen LogP contribution in [0.25, 0.3) is 0 Å². The highest BCUT2D eigenvalue weighted by Gasteiger charge is 2.51. The van der Waals surface area contributed by atoms with Crippen LogP contribution in [0.4, 0.5) is 0 Å². The van der Waals surface area contributed by atoms with E-state index in [0.29, 0.717) is 26.2 Å². The largest absolute Gasteiger partial charge is 0.383 e. The first kappa shape index (κ1) is 14.6. The molecule has 0 unspecified atom stereocenters. The Morgan fingerprint density at radius 1 is 1.33 bits per heavy atom. The van der Waals surface area contributed by atoms with Crippen LogP contribution in [0.2, 0.25) is 0 Å². The van der Waals surface area contributed by atoms with Crippen LogP contribution < -0.4 is 0 Å². The van der Waals surface area contributed by atoms with Crippen LogP contribution in [0.1, 0.15) is 10.6 Å². The van der Waals surface area contributed by atoms with E-state index in [9.17, 15) is 9.59 Å². The van der Waals surface area contributed by atoms with E-state index >= 15 is 0 Å². The Balaban J connectivity index is 1.65. The number of thiazole rings is 1. The highest BCUT2D eigenvalue weighted by atomic mass is 32.1. The molecule has 1 aromatic heterocycles. The molecule has 0 saturated carbocycles. The lowest BCUT2D eigenvalue weighted by atomic mass is 10.00. The van der Waals surface area contributed by atoms with E-state index in [-0.39, 0.29) is 23.7 Å². The summed E-state index contributed by atoms with van der Waals surface area (Å²) in [6.07, 6.45) is 0. The van der Waals surface area contributed by atoms with Gasteiger partial charge in [0.15, 0.2) is 0 Å². The molecule has 2 aliphatic heterocycles. The summed E-state index contributed by atoms with van der Waals surface area (Å²) < 4.78 is 4.96. The number of ether oxygens (including phenoxy) is 1. The number of hydrogen-bond acceptors (Lipinski definition) is 6. The molecule has 0 radical (unpaired) electrons. The predicted molar refractivity (Wildman–Crippen MR) is 77.7 cm³/mol. The second-order valence-corrected chi connectivity index (χ2v) is 6.53. The first-order valence-corrected chi connectivity index (χ1v) is 7.95. The van der Waals surface area contributed by atoms with Gasteiger partial charge in [0.2, 0.25) is 11.8 Å². The fourth-order valence-corrected chi connectivity index (χ4v) is 3.93. The van der Waals surface area contributed by atoms with Gasteiger partial charge in [-0.15, -0.1) is 11.3 Å². The van der Waals surface area contributed by atoms with Crippen molar-refractivity contribution in [1.29, 1.82) is 0 Å². The topological polar surface area (TPSA) is 62.7 Å². The lowest BCUT2D eigenvalue weighted by molar-refractivity contribution is -0.141. The number of rotatable bonds is 5. The van der Waals surface area contributed by atoms with Gasteiger partial charge in [0.25, 0.3) is 0 Å². The molecule has 0 N–H and O–H groups in total. The number of carbonyl (C=O) groups excluding carboxylic acids is 2. The number of methoxy groups -OCH3 is 1. The highest BCUT2D eigenvalue weighted by Crippen LogP contribution is 2.34. The number of hydrogen-bond donors (Lipinski definition) is 0. The summed E-state index contributed by atoms with van der Waals surface area (Å²) in [5.41, 5.74) is 2.88. The molecular weight excluding hydrogens is 290 g/mol. The molecule has 21 heavy (non-hydrogen) atoms. The maximum absolute atomic E-state index is 12.3. The third kappa shape index (κ3) is 2.61. The number of fused-ring (bicyclic) bond motifs is 1. The number of imide groups is 1. The molecule has 2 amide bonds. The SMILES string of the molecule is COCCN1C(=O)[C@H]2CN(Cc3scnc3C)C[C@H]2C1=O. The highest BCUT2D eigenvalue weighted by molar-refractivity contribution is 7.09. The summed E-state index contributed by atoms with van der Waals surface area (Å²) >= 11 is 1.63. The zero-order valence-electron chi connectivity index (χ0n) is 12.2. The minimum absolute atomic E-state index is 0.0365. The fourth-order valence-electron chi connectivity index (χ4n) is 3.11. The second kappa shape index (κ2) is 5.82. The summed E-state index contributed by atoms with van der Waals surface area (Å²) in [4.78, 5) is 33.7. The molecule has 2 atom stereocenters. The van der Waals surface area contributed by atoms with Gasteiger partial charge >= 0.3 is 0 Å².